The molecule has 0 saturated carbocycles. The van der Waals surface area contributed by atoms with Crippen LogP contribution in [0.25, 0.3) is 0 Å². The summed E-state index contributed by atoms with van der Waals surface area (Å²) in [5.41, 5.74) is 9.19. The monoisotopic (exact) mass is 541 g/mol. The van der Waals surface area contributed by atoms with Crippen molar-refractivity contribution in [2.45, 2.75) is 105 Å². The molecule has 0 saturated heterocycles. The Kier molecular flexibility index (Phi) is 10.7. The molecular weight excluding hydrogens is 481 g/mol. The van der Waals surface area contributed by atoms with Gasteiger partial charge in [0, 0.05) is 0 Å². The average molecular weight is 542 g/mol. The molecule has 0 spiro atoms. The Labute approximate surface area is 248 Å². The molecule has 3 aromatic rings. The van der Waals surface area contributed by atoms with E-state index in [0.29, 0.717) is 0 Å². The van der Waals surface area contributed by atoms with E-state index in [-0.39, 0.29) is 16.2 Å². The normalized spacial score (nSPS) is 13.1. The van der Waals surface area contributed by atoms with Gasteiger partial charge in [0.05, 0.1) is 34.3 Å². The molecule has 1 nitrogen and oxygen atoms in total. The maximum atomic E-state index is 2.45. The van der Waals surface area contributed by atoms with Gasteiger partial charge >= 0.3 is 0 Å². The molecule has 2 heteroatoms. The second kappa shape index (κ2) is 12.7. The minimum Gasteiger partial charge on any atom is -0.333 e. The highest BCUT2D eigenvalue weighted by atomic mass is 15.2. The van der Waals surface area contributed by atoms with E-state index < -0.39 is 6.15 Å². The largest absolute Gasteiger partial charge is 0.333 e. The first-order valence-electron chi connectivity index (χ1n) is 15.5. The van der Waals surface area contributed by atoms with Crippen molar-refractivity contribution in [3.63, 3.8) is 0 Å². The van der Waals surface area contributed by atoms with Crippen molar-refractivity contribution in [1.29, 1.82) is 0 Å². The predicted molar refractivity (Wildman–Crippen MR) is 184 cm³/mol. The van der Waals surface area contributed by atoms with Crippen LogP contribution in [0.2, 0.25) is 6.32 Å². The molecule has 0 bridgehead atoms. The first-order chi connectivity index (χ1) is 18.2. The number of quaternary nitrogens is 1. The Bertz CT molecular complexity index is 1080. The van der Waals surface area contributed by atoms with Crippen LogP contribution in [0.1, 0.15) is 98.8 Å². The van der Waals surface area contributed by atoms with E-state index >= 15 is 0 Å². The van der Waals surface area contributed by atoms with Crippen molar-refractivity contribution in [1.82, 2.24) is 0 Å². The third-order valence-corrected chi connectivity index (χ3v) is 7.89. The number of hydrogen-bond acceptors (Lipinski definition) is 0. The Morgan fingerprint density at radius 2 is 0.750 bits per heavy atom. The quantitative estimate of drug-likeness (QED) is 0.218. The van der Waals surface area contributed by atoms with E-state index in [1.807, 2.05) is 0 Å². The van der Waals surface area contributed by atoms with Crippen LogP contribution in [0, 0.1) is 0 Å². The molecule has 0 atom stereocenters. The van der Waals surface area contributed by atoms with Gasteiger partial charge in [0.1, 0.15) is 0 Å². The molecule has 40 heavy (non-hydrogen) atoms. The summed E-state index contributed by atoms with van der Waals surface area (Å²) in [5.74, 6) is 0. The SMILES string of the molecule is CCCC[B-](c1ccccc1C(C)(C)C)(c1ccccc1C(C)(C)C)c1ccccc1C(C)(C)C.C[N+](C)(C)C. The maximum Gasteiger partial charge on any atom is 0.0825 e. The highest BCUT2D eigenvalue weighted by Crippen LogP contribution is 2.32. The molecule has 0 unspecified atom stereocenters. The summed E-state index contributed by atoms with van der Waals surface area (Å²) in [6.45, 7) is 23.7. The topological polar surface area (TPSA) is 0 Å². The van der Waals surface area contributed by atoms with Crippen molar-refractivity contribution in [3.05, 3.63) is 89.5 Å². The molecule has 0 aliphatic carbocycles. The second-order valence-electron chi connectivity index (χ2n) is 16.4. The van der Waals surface area contributed by atoms with Gasteiger partial charge in [0.15, 0.2) is 0 Å². The van der Waals surface area contributed by atoms with Crippen molar-refractivity contribution in [3.8, 4) is 0 Å². The van der Waals surface area contributed by atoms with E-state index in [4.69, 9.17) is 0 Å². The minimum absolute atomic E-state index is 0.0587. The summed E-state index contributed by atoms with van der Waals surface area (Å²) in [4.78, 5) is 0. The summed E-state index contributed by atoms with van der Waals surface area (Å²) >= 11 is 0. The molecular formula is C38H60BN. The first-order valence-corrected chi connectivity index (χ1v) is 15.5. The van der Waals surface area contributed by atoms with E-state index in [1.165, 1.54) is 45.9 Å². The smallest absolute Gasteiger partial charge is 0.0825 e. The molecule has 0 N–H and O–H groups in total. The maximum absolute atomic E-state index is 2.45. The molecule has 0 radical (unpaired) electrons. The first kappa shape index (κ1) is 33.9. The summed E-state index contributed by atoms with van der Waals surface area (Å²) < 4.78 is 1.00. The van der Waals surface area contributed by atoms with Gasteiger partial charge < -0.3 is 4.48 Å². The third kappa shape index (κ3) is 8.35. The summed E-state index contributed by atoms with van der Waals surface area (Å²) in [6.07, 6.45) is 2.34. The lowest BCUT2D eigenvalue weighted by Crippen LogP contribution is -2.70. The van der Waals surface area contributed by atoms with Crippen LogP contribution >= 0.6 is 0 Å². The summed E-state index contributed by atoms with van der Waals surface area (Å²) in [5, 5.41) is 0. The fourth-order valence-corrected chi connectivity index (χ4v) is 6.31. The highest BCUT2D eigenvalue weighted by molar-refractivity contribution is 7.12. The zero-order chi connectivity index (χ0) is 30.6. The zero-order valence-corrected chi connectivity index (χ0v) is 28.6. The molecule has 0 fully saturated rings. The van der Waals surface area contributed by atoms with Gasteiger partial charge in [-0.15, -0.1) is 0 Å². The van der Waals surface area contributed by atoms with Crippen LogP contribution in [0.5, 0.6) is 0 Å². The number of hydrogen-bond donors (Lipinski definition) is 0. The lowest BCUT2D eigenvalue weighted by atomic mass is 9.12. The molecule has 0 amide bonds. The number of unbranched alkanes of at least 4 members (excludes halogenated alkanes) is 1. The molecule has 3 rings (SSSR count). The van der Waals surface area contributed by atoms with Crippen LogP contribution in [-0.4, -0.2) is 38.8 Å². The standard InChI is InChI=1S/C34H48B.C4H12N/c1-11-12-25-35(29-22-16-13-19-26(29)32(2,3)4,30-23-17-14-20-27(30)33(5,6)7)31-24-18-15-21-28(31)34(8,9)10;1-5(2,3)4/h13-24H,11-12,25H2,1-10H3;1-4H3/q-1;+1. The Balaban J connectivity index is 0.00000103. The Hall–Kier alpha value is -2.32. The van der Waals surface area contributed by atoms with Crippen molar-refractivity contribution in [2.75, 3.05) is 28.2 Å². The summed E-state index contributed by atoms with van der Waals surface area (Å²) in [6, 6.07) is 28.0. The zero-order valence-electron chi connectivity index (χ0n) is 28.6. The van der Waals surface area contributed by atoms with E-state index in [0.717, 1.165) is 10.8 Å². The van der Waals surface area contributed by atoms with Crippen molar-refractivity contribution in [2.24, 2.45) is 0 Å². The minimum atomic E-state index is -1.21. The van der Waals surface area contributed by atoms with E-state index in [1.54, 1.807) is 0 Å². The molecule has 0 aromatic heterocycles. The highest BCUT2D eigenvalue weighted by Gasteiger charge is 2.38. The van der Waals surface area contributed by atoms with Gasteiger partial charge in [-0.3, -0.25) is 0 Å². The summed E-state index contributed by atoms with van der Waals surface area (Å²) in [7, 11) is 8.50. The molecule has 220 valence electrons. The average Bonchev–Trinajstić information content (AvgIpc) is 2.82. The van der Waals surface area contributed by atoms with Gasteiger partial charge in [-0.25, -0.2) is 0 Å². The van der Waals surface area contributed by atoms with Crippen LogP contribution in [0.3, 0.4) is 0 Å². The molecule has 0 aliphatic rings. The van der Waals surface area contributed by atoms with E-state index in [2.05, 4.69) is 170 Å². The third-order valence-electron chi connectivity index (χ3n) is 7.89. The predicted octanol–water partition coefficient (Wildman–Crippen LogP) is 8.17. The van der Waals surface area contributed by atoms with Gasteiger partial charge in [-0.05, 0) is 16.2 Å². The fraction of sp³-hybridized carbons (Fsp3) is 0.526. The van der Waals surface area contributed by atoms with Crippen LogP contribution in [0.15, 0.2) is 72.8 Å². The second-order valence-corrected chi connectivity index (χ2v) is 16.4. The fourth-order valence-electron chi connectivity index (χ4n) is 6.31. The lowest BCUT2D eigenvalue weighted by Gasteiger charge is -2.50. The van der Waals surface area contributed by atoms with E-state index in [9.17, 15) is 0 Å². The van der Waals surface area contributed by atoms with Gasteiger partial charge in [-0.2, -0.15) is 22.7 Å². The molecule has 0 heterocycles. The van der Waals surface area contributed by atoms with Gasteiger partial charge in [0.2, 0.25) is 0 Å². The molecule has 0 aliphatic heterocycles. The number of nitrogens with zero attached hydrogens (tertiary/aromatic N) is 1. The number of rotatable bonds is 6. The van der Waals surface area contributed by atoms with Crippen molar-refractivity contribution < 1.29 is 4.48 Å². The van der Waals surface area contributed by atoms with Crippen molar-refractivity contribution >= 4 is 22.5 Å². The van der Waals surface area contributed by atoms with Gasteiger partial charge in [0.25, 0.3) is 0 Å². The van der Waals surface area contributed by atoms with Crippen LogP contribution in [0.4, 0.5) is 0 Å². The van der Waals surface area contributed by atoms with Crippen LogP contribution < -0.4 is 16.4 Å². The lowest BCUT2D eigenvalue weighted by molar-refractivity contribution is -0.849. The number of benzene rings is 3. The molecule has 3 aromatic carbocycles. The van der Waals surface area contributed by atoms with Gasteiger partial charge in [-0.1, -0.05) is 172 Å². The Morgan fingerprint density at radius 1 is 0.500 bits per heavy atom. The Morgan fingerprint density at radius 3 is 0.975 bits per heavy atom. The van der Waals surface area contributed by atoms with Crippen LogP contribution in [-0.2, 0) is 16.2 Å².